The number of benzene rings is 1. The zero-order valence-corrected chi connectivity index (χ0v) is 11.6. The molecule has 0 aromatic heterocycles. The van der Waals surface area contributed by atoms with Crippen LogP contribution in [-0.2, 0) is 0 Å². The molecule has 0 bridgehead atoms. The largest absolute Gasteiger partial charge is 0.310 e. The van der Waals surface area contributed by atoms with Gasteiger partial charge in [-0.05, 0) is 41.4 Å². The molecule has 1 aromatic carbocycles. The van der Waals surface area contributed by atoms with Crippen LogP contribution in [0.25, 0.3) is 0 Å². The molecule has 1 rings (SSSR count). The summed E-state index contributed by atoms with van der Waals surface area (Å²) in [5.41, 5.74) is 0.683. The molecule has 1 N–H and O–H groups in total. The van der Waals surface area contributed by atoms with E-state index in [1.165, 1.54) is 0 Å². The van der Waals surface area contributed by atoms with E-state index < -0.39 is 0 Å². The molecule has 0 heterocycles. The van der Waals surface area contributed by atoms with Gasteiger partial charge in [0.2, 0.25) is 0 Å². The SMILES string of the molecule is C#CCCC(NCCC)c1cccc(Br)c1F. The molecule has 0 saturated heterocycles. The third-order valence-electron chi connectivity index (χ3n) is 2.57. The lowest BCUT2D eigenvalue weighted by atomic mass is 10.0. The number of hydrogen-bond acceptors (Lipinski definition) is 1. The van der Waals surface area contributed by atoms with Gasteiger partial charge in [0.05, 0.1) is 4.47 Å². The highest BCUT2D eigenvalue weighted by Gasteiger charge is 2.15. The summed E-state index contributed by atoms with van der Waals surface area (Å²) in [6.07, 6.45) is 7.69. The van der Waals surface area contributed by atoms with Crippen molar-refractivity contribution in [1.82, 2.24) is 5.32 Å². The topological polar surface area (TPSA) is 12.0 Å². The minimum atomic E-state index is -0.196. The van der Waals surface area contributed by atoms with Crippen LogP contribution >= 0.6 is 15.9 Å². The first-order valence-corrected chi connectivity index (χ1v) is 6.60. The highest BCUT2D eigenvalue weighted by atomic mass is 79.9. The zero-order chi connectivity index (χ0) is 12.7. The van der Waals surface area contributed by atoms with Gasteiger partial charge in [0.15, 0.2) is 0 Å². The summed E-state index contributed by atoms with van der Waals surface area (Å²) in [6, 6.07) is 5.35. The van der Waals surface area contributed by atoms with Crippen LogP contribution in [0, 0.1) is 18.2 Å². The number of rotatable bonds is 6. The van der Waals surface area contributed by atoms with Gasteiger partial charge in [-0.2, -0.15) is 0 Å². The maximum Gasteiger partial charge on any atom is 0.142 e. The zero-order valence-electron chi connectivity index (χ0n) is 9.97. The van der Waals surface area contributed by atoms with Crippen LogP contribution < -0.4 is 5.32 Å². The van der Waals surface area contributed by atoms with E-state index in [9.17, 15) is 4.39 Å². The second-order valence-electron chi connectivity index (χ2n) is 3.89. The predicted molar refractivity (Wildman–Crippen MR) is 73.2 cm³/mol. The Kier molecular flexibility index (Phi) is 6.25. The average Bonchev–Trinajstić information content (AvgIpc) is 2.34. The molecule has 0 radical (unpaired) electrons. The van der Waals surface area contributed by atoms with Crippen molar-refractivity contribution in [2.24, 2.45) is 0 Å². The van der Waals surface area contributed by atoms with Gasteiger partial charge in [-0.3, -0.25) is 0 Å². The fourth-order valence-electron chi connectivity index (χ4n) is 1.70. The molecular formula is C14H17BrFN. The Balaban J connectivity index is 2.87. The summed E-state index contributed by atoms with van der Waals surface area (Å²) >= 11 is 3.21. The second kappa shape index (κ2) is 7.47. The van der Waals surface area contributed by atoms with E-state index in [1.54, 1.807) is 6.07 Å². The Bertz CT molecular complexity index is 398. The molecule has 0 spiro atoms. The molecule has 0 fully saturated rings. The van der Waals surface area contributed by atoms with E-state index in [4.69, 9.17) is 6.42 Å². The molecule has 3 heteroatoms. The minimum absolute atomic E-state index is 0.0106. The molecule has 0 aliphatic carbocycles. The van der Waals surface area contributed by atoms with Crippen LogP contribution in [0.4, 0.5) is 4.39 Å². The molecule has 1 atom stereocenters. The van der Waals surface area contributed by atoms with Crippen molar-refractivity contribution < 1.29 is 4.39 Å². The standard InChI is InChI=1S/C14H17BrFN/c1-3-5-9-13(17-10-4-2)11-7-6-8-12(15)14(11)16/h1,6-8,13,17H,4-5,9-10H2,2H3. The van der Waals surface area contributed by atoms with Gasteiger partial charge >= 0.3 is 0 Å². The molecule has 1 unspecified atom stereocenters. The second-order valence-corrected chi connectivity index (χ2v) is 4.75. The predicted octanol–water partition coefficient (Wildman–Crippen LogP) is 4.04. The van der Waals surface area contributed by atoms with Crippen LogP contribution in [-0.4, -0.2) is 6.54 Å². The van der Waals surface area contributed by atoms with Crippen molar-refractivity contribution in [2.45, 2.75) is 32.2 Å². The number of terminal acetylenes is 1. The van der Waals surface area contributed by atoms with Gasteiger partial charge in [0.25, 0.3) is 0 Å². The lowest BCUT2D eigenvalue weighted by Crippen LogP contribution is -2.23. The van der Waals surface area contributed by atoms with Crippen molar-refractivity contribution in [3.05, 3.63) is 34.1 Å². The quantitative estimate of drug-likeness (QED) is 0.782. The van der Waals surface area contributed by atoms with Crippen LogP contribution in [0.5, 0.6) is 0 Å². The Morgan fingerprint density at radius 2 is 2.29 bits per heavy atom. The van der Waals surface area contributed by atoms with Crippen molar-refractivity contribution in [2.75, 3.05) is 6.54 Å². The molecular weight excluding hydrogens is 281 g/mol. The smallest absolute Gasteiger partial charge is 0.142 e. The molecule has 17 heavy (non-hydrogen) atoms. The molecule has 0 amide bonds. The first-order valence-electron chi connectivity index (χ1n) is 5.81. The highest BCUT2D eigenvalue weighted by Crippen LogP contribution is 2.26. The molecule has 92 valence electrons. The third-order valence-corrected chi connectivity index (χ3v) is 3.19. The molecule has 0 aliphatic heterocycles. The van der Waals surface area contributed by atoms with E-state index in [0.717, 1.165) is 19.4 Å². The minimum Gasteiger partial charge on any atom is -0.310 e. The summed E-state index contributed by atoms with van der Waals surface area (Å²) in [7, 11) is 0. The van der Waals surface area contributed by atoms with E-state index in [-0.39, 0.29) is 11.9 Å². The molecule has 0 saturated carbocycles. The van der Waals surface area contributed by atoms with Gasteiger partial charge in [0.1, 0.15) is 5.82 Å². The summed E-state index contributed by atoms with van der Waals surface area (Å²) in [5.74, 6) is 2.41. The van der Waals surface area contributed by atoms with Gasteiger partial charge < -0.3 is 5.32 Å². The Hall–Kier alpha value is -0.850. The summed E-state index contributed by atoms with van der Waals surface area (Å²) in [6.45, 7) is 2.95. The number of hydrogen-bond donors (Lipinski definition) is 1. The van der Waals surface area contributed by atoms with Crippen molar-refractivity contribution in [3.63, 3.8) is 0 Å². The Morgan fingerprint density at radius 1 is 1.53 bits per heavy atom. The summed E-state index contributed by atoms with van der Waals surface area (Å²) in [5, 5.41) is 3.33. The maximum absolute atomic E-state index is 14.0. The normalized spacial score (nSPS) is 12.1. The maximum atomic E-state index is 14.0. The monoisotopic (exact) mass is 297 g/mol. The lowest BCUT2D eigenvalue weighted by Gasteiger charge is -2.19. The third kappa shape index (κ3) is 4.14. The summed E-state index contributed by atoms with van der Waals surface area (Å²) in [4.78, 5) is 0. The van der Waals surface area contributed by atoms with Crippen LogP contribution in [0.3, 0.4) is 0 Å². The van der Waals surface area contributed by atoms with Crippen LogP contribution in [0.1, 0.15) is 37.8 Å². The fourth-order valence-corrected chi connectivity index (χ4v) is 2.08. The van der Waals surface area contributed by atoms with Crippen LogP contribution in [0.2, 0.25) is 0 Å². The molecule has 1 nitrogen and oxygen atoms in total. The van der Waals surface area contributed by atoms with Gasteiger partial charge in [-0.15, -0.1) is 12.3 Å². The molecule has 1 aromatic rings. The van der Waals surface area contributed by atoms with E-state index in [1.807, 2.05) is 12.1 Å². The van der Waals surface area contributed by atoms with E-state index in [2.05, 4.69) is 34.1 Å². The molecule has 0 aliphatic rings. The van der Waals surface area contributed by atoms with Crippen molar-refractivity contribution in [3.8, 4) is 12.3 Å². The summed E-state index contributed by atoms with van der Waals surface area (Å²) < 4.78 is 14.5. The van der Waals surface area contributed by atoms with E-state index >= 15 is 0 Å². The van der Waals surface area contributed by atoms with Crippen LogP contribution in [0.15, 0.2) is 22.7 Å². The Labute approximate surface area is 111 Å². The average molecular weight is 298 g/mol. The van der Waals surface area contributed by atoms with Gasteiger partial charge in [-0.1, -0.05) is 19.1 Å². The number of halogens is 2. The first kappa shape index (κ1) is 14.2. The van der Waals surface area contributed by atoms with Gasteiger partial charge in [0, 0.05) is 18.0 Å². The van der Waals surface area contributed by atoms with Crippen molar-refractivity contribution in [1.29, 1.82) is 0 Å². The Morgan fingerprint density at radius 3 is 2.94 bits per heavy atom. The lowest BCUT2D eigenvalue weighted by molar-refractivity contribution is 0.477. The first-order chi connectivity index (χ1) is 8.20. The number of nitrogens with one attached hydrogen (secondary N) is 1. The highest BCUT2D eigenvalue weighted by molar-refractivity contribution is 9.10. The fraction of sp³-hybridized carbons (Fsp3) is 0.429. The van der Waals surface area contributed by atoms with Crippen molar-refractivity contribution >= 4 is 15.9 Å². The van der Waals surface area contributed by atoms with Gasteiger partial charge in [-0.25, -0.2) is 4.39 Å². The van der Waals surface area contributed by atoms with E-state index in [0.29, 0.717) is 16.5 Å².